The van der Waals surface area contributed by atoms with Gasteiger partial charge in [-0.2, -0.15) is 6.10 Å². The van der Waals surface area contributed by atoms with E-state index in [4.69, 9.17) is 4.74 Å². The zero-order valence-electron chi connectivity index (χ0n) is 14.1. The molecule has 0 amide bonds. The van der Waals surface area contributed by atoms with E-state index in [9.17, 15) is 5.11 Å². The van der Waals surface area contributed by atoms with Crippen LogP contribution >= 0.6 is 0 Å². The van der Waals surface area contributed by atoms with Crippen LogP contribution in [0.1, 0.15) is 18.0 Å². The summed E-state index contributed by atoms with van der Waals surface area (Å²) in [6.45, 7) is 4.82. The molecule has 1 atom stereocenters. The SMILES string of the molecule is C=[C-]COc1ccccc1.CN1CC[C-](O)[C@@H]1c1ccccc1.[Y]. The molecule has 4 heteroatoms. The second-order valence-electron chi connectivity index (χ2n) is 5.39. The fraction of sp³-hybridized carbons (Fsp3) is 0.250. The number of likely N-dealkylation sites (tertiary alicyclic amines) is 1. The van der Waals surface area contributed by atoms with Crippen LogP contribution in [0, 0.1) is 12.2 Å². The van der Waals surface area contributed by atoms with E-state index in [-0.39, 0.29) is 38.8 Å². The molecule has 1 aliphatic rings. The number of ether oxygens (including phenoxy) is 1. The summed E-state index contributed by atoms with van der Waals surface area (Å²) in [5.41, 5.74) is 1.18. The molecule has 1 N–H and O–H groups in total. The standard InChI is InChI=1S/C11H14NO.C9H9O.Y/c1-12-8-7-10(13)11(12)9-5-3-2-4-6-9;1-2-8-10-9-6-4-3-5-7-9;/h2-6,11,13H,7-8H2,1H3;3-7H,1,8H2;/q2*-1;/t11-;;/m0../s1. The molecule has 0 aromatic heterocycles. The van der Waals surface area contributed by atoms with Gasteiger partial charge in [-0.3, -0.25) is 6.58 Å². The first-order valence-electron chi connectivity index (χ1n) is 7.70. The number of likely N-dealkylation sites (N-methyl/N-ethyl adjacent to an activating group) is 1. The van der Waals surface area contributed by atoms with Crippen LogP contribution in [-0.4, -0.2) is 30.2 Å². The largest absolute Gasteiger partial charge is 0.561 e. The molecule has 0 bridgehead atoms. The van der Waals surface area contributed by atoms with Crippen molar-refractivity contribution in [3.8, 4) is 5.75 Å². The molecule has 1 fully saturated rings. The fourth-order valence-corrected chi connectivity index (χ4v) is 2.54. The zero-order valence-corrected chi connectivity index (χ0v) is 16.9. The molecule has 0 aliphatic carbocycles. The molecule has 0 saturated carbocycles. The Kier molecular flexibility index (Phi) is 10.1. The first kappa shape index (κ1) is 21.0. The van der Waals surface area contributed by atoms with Crippen LogP contribution in [0.5, 0.6) is 5.75 Å². The van der Waals surface area contributed by atoms with E-state index in [0.717, 1.165) is 18.7 Å². The smallest absolute Gasteiger partial charge is 0.115 e. The molecule has 2 aromatic rings. The van der Waals surface area contributed by atoms with E-state index in [2.05, 4.69) is 29.7 Å². The van der Waals surface area contributed by atoms with Crippen molar-refractivity contribution in [2.45, 2.75) is 12.5 Å². The Morgan fingerprint density at radius 3 is 2.25 bits per heavy atom. The van der Waals surface area contributed by atoms with Crippen LogP contribution in [0.2, 0.25) is 0 Å². The zero-order chi connectivity index (χ0) is 16.5. The van der Waals surface area contributed by atoms with Gasteiger partial charge >= 0.3 is 0 Å². The van der Waals surface area contributed by atoms with E-state index >= 15 is 0 Å². The van der Waals surface area contributed by atoms with Crippen LogP contribution in [0.4, 0.5) is 0 Å². The van der Waals surface area contributed by atoms with E-state index < -0.39 is 0 Å². The Hall–Kier alpha value is -0.996. The Morgan fingerprint density at radius 1 is 1.17 bits per heavy atom. The third-order valence-electron chi connectivity index (χ3n) is 3.68. The van der Waals surface area contributed by atoms with Crippen LogP contribution in [0.25, 0.3) is 0 Å². The van der Waals surface area contributed by atoms with Gasteiger partial charge in [0.25, 0.3) is 0 Å². The van der Waals surface area contributed by atoms with E-state index in [1.807, 2.05) is 55.6 Å². The number of benzene rings is 2. The molecule has 1 saturated heterocycles. The van der Waals surface area contributed by atoms with E-state index in [1.165, 1.54) is 5.56 Å². The average Bonchev–Trinajstić information content (AvgIpc) is 2.94. The average molecular weight is 398 g/mol. The number of para-hydroxylation sites is 1. The van der Waals surface area contributed by atoms with Gasteiger partial charge in [-0.1, -0.05) is 60.1 Å². The van der Waals surface area contributed by atoms with Gasteiger partial charge in [-0.15, -0.1) is 6.42 Å². The van der Waals surface area contributed by atoms with Crippen molar-refractivity contribution in [1.82, 2.24) is 4.90 Å². The number of nitrogens with zero attached hydrogens (tertiary/aromatic N) is 1. The number of hydrogen-bond acceptors (Lipinski definition) is 3. The van der Waals surface area contributed by atoms with Crippen LogP contribution in [0.15, 0.2) is 67.2 Å². The Morgan fingerprint density at radius 2 is 1.75 bits per heavy atom. The van der Waals surface area contributed by atoms with Gasteiger partial charge in [0.05, 0.1) is 0 Å². The molecule has 0 spiro atoms. The van der Waals surface area contributed by atoms with Crippen molar-refractivity contribution in [2.75, 3.05) is 20.2 Å². The molecule has 2 aromatic carbocycles. The maximum Gasteiger partial charge on any atom is 0.115 e. The molecule has 1 aliphatic heterocycles. The number of hydrogen-bond donors (Lipinski definition) is 1. The Labute approximate surface area is 170 Å². The second-order valence-corrected chi connectivity index (χ2v) is 5.39. The van der Waals surface area contributed by atoms with Gasteiger partial charge in [0, 0.05) is 32.7 Å². The summed E-state index contributed by atoms with van der Waals surface area (Å²) >= 11 is 0. The normalized spacial score (nSPS) is 17.3. The summed E-state index contributed by atoms with van der Waals surface area (Å²) in [6.07, 6.45) is 4.04. The summed E-state index contributed by atoms with van der Waals surface area (Å²) in [6, 6.07) is 19.8. The quantitative estimate of drug-likeness (QED) is 0.790. The van der Waals surface area contributed by atoms with E-state index in [0.29, 0.717) is 12.7 Å². The predicted octanol–water partition coefficient (Wildman–Crippen LogP) is 4.02. The molecule has 24 heavy (non-hydrogen) atoms. The van der Waals surface area contributed by atoms with Gasteiger partial charge in [-0.25, -0.2) is 0 Å². The summed E-state index contributed by atoms with van der Waals surface area (Å²) in [7, 11) is 2.04. The van der Waals surface area contributed by atoms with Gasteiger partial charge in [0.2, 0.25) is 0 Å². The third-order valence-corrected chi connectivity index (χ3v) is 3.68. The number of aliphatic hydroxyl groups is 1. The summed E-state index contributed by atoms with van der Waals surface area (Å²) < 4.78 is 5.18. The monoisotopic (exact) mass is 398 g/mol. The van der Waals surface area contributed by atoms with Crippen molar-refractivity contribution < 1.29 is 42.6 Å². The minimum atomic E-state index is 0. The molecule has 3 nitrogen and oxygen atoms in total. The van der Waals surface area contributed by atoms with Crippen molar-refractivity contribution in [3.63, 3.8) is 0 Å². The summed E-state index contributed by atoms with van der Waals surface area (Å²) in [4.78, 5) is 2.17. The maximum absolute atomic E-state index is 9.69. The summed E-state index contributed by atoms with van der Waals surface area (Å²) in [5.74, 6) is 0.860. The molecular formula is C20H23NO2Y-2. The topological polar surface area (TPSA) is 32.7 Å². The Balaban J connectivity index is 0.000000238. The summed E-state index contributed by atoms with van der Waals surface area (Å²) in [5, 5.41) is 9.69. The van der Waals surface area contributed by atoms with Crippen LogP contribution in [-0.2, 0) is 32.7 Å². The fourth-order valence-electron chi connectivity index (χ4n) is 2.54. The molecule has 3 rings (SSSR count). The van der Waals surface area contributed by atoms with Gasteiger partial charge < -0.3 is 20.8 Å². The van der Waals surface area contributed by atoms with Crippen molar-refractivity contribution in [2.24, 2.45) is 0 Å². The number of rotatable bonds is 4. The molecule has 0 unspecified atom stereocenters. The Bertz CT molecular complexity index is 567. The number of aliphatic hydroxyl groups excluding tert-OH is 1. The molecule has 1 heterocycles. The molecular weight excluding hydrogens is 375 g/mol. The van der Waals surface area contributed by atoms with Gasteiger partial charge in [0.1, 0.15) is 5.75 Å². The van der Waals surface area contributed by atoms with Crippen LogP contribution < -0.4 is 4.74 Å². The third kappa shape index (κ3) is 6.48. The van der Waals surface area contributed by atoms with Crippen molar-refractivity contribution >= 4 is 0 Å². The predicted molar refractivity (Wildman–Crippen MR) is 92.4 cm³/mol. The molecule has 125 valence electrons. The minimum Gasteiger partial charge on any atom is -0.561 e. The molecule has 1 radical (unpaired) electrons. The first-order valence-corrected chi connectivity index (χ1v) is 7.70. The van der Waals surface area contributed by atoms with Crippen molar-refractivity contribution in [1.29, 1.82) is 0 Å². The second kappa shape index (κ2) is 11.5. The first-order chi connectivity index (χ1) is 11.2. The van der Waals surface area contributed by atoms with Gasteiger partial charge in [-0.05, 0) is 32.3 Å². The van der Waals surface area contributed by atoms with E-state index in [1.54, 1.807) is 0 Å². The minimum absolute atomic E-state index is 0. The van der Waals surface area contributed by atoms with Crippen molar-refractivity contribution in [3.05, 3.63) is 85.0 Å². The van der Waals surface area contributed by atoms with Gasteiger partial charge in [0.15, 0.2) is 0 Å². The maximum atomic E-state index is 9.69. The van der Waals surface area contributed by atoms with Crippen LogP contribution in [0.3, 0.4) is 0 Å².